The highest BCUT2D eigenvalue weighted by Gasteiger charge is 2.35. The number of methoxy groups -OCH3 is 1. The largest absolute Gasteiger partial charge is 0.481 e. The van der Waals surface area contributed by atoms with Crippen LogP contribution in [0.4, 0.5) is 5.69 Å². The number of aromatic nitrogens is 5. The molecule has 0 spiro atoms. The monoisotopic (exact) mass is 593 g/mol. The van der Waals surface area contributed by atoms with Crippen molar-refractivity contribution < 1.29 is 9.47 Å². The van der Waals surface area contributed by atoms with Gasteiger partial charge in [-0.1, -0.05) is 12.1 Å². The van der Waals surface area contributed by atoms with Crippen molar-refractivity contribution in [3.05, 3.63) is 59.0 Å². The molecular formula is C33H39N9O2. The van der Waals surface area contributed by atoms with Gasteiger partial charge in [-0.15, -0.1) is 0 Å². The molecule has 0 unspecified atom stereocenters. The van der Waals surface area contributed by atoms with Crippen LogP contribution in [-0.2, 0) is 23.6 Å². The summed E-state index contributed by atoms with van der Waals surface area (Å²) in [6.07, 6.45) is 11.7. The van der Waals surface area contributed by atoms with E-state index in [1.807, 2.05) is 30.1 Å². The Balaban J connectivity index is 1.32. The Morgan fingerprint density at radius 1 is 1.05 bits per heavy atom. The van der Waals surface area contributed by atoms with Crippen LogP contribution >= 0.6 is 0 Å². The molecule has 0 radical (unpaired) electrons. The maximum atomic E-state index is 6.61. The minimum absolute atomic E-state index is 0.171. The Bertz CT molecular complexity index is 1800. The lowest BCUT2D eigenvalue weighted by molar-refractivity contribution is 0.0872. The van der Waals surface area contributed by atoms with Crippen molar-refractivity contribution in [1.82, 2.24) is 24.3 Å². The van der Waals surface area contributed by atoms with Crippen molar-refractivity contribution in [2.75, 3.05) is 26.1 Å². The molecule has 11 nitrogen and oxygen atoms in total. The van der Waals surface area contributed by atoms with Crippen molar-refractivity contribution in [1.29, 1.82) is 0 Å². The van der Waals surface area contributed by atoms with Gasteiger partial charge in [0.25, 0.3) is 0 Å². The van der Waals surface area contributed by atoms with Crippen LogP contribution in [0.1, 0.15) is 67.3 Å². The smallest absolute Gasteiger partial charge is 0.212 e. The van der Waals surface area contributed by atoms with Crippen molar-refractivity contribution in [2.45, 2.75) is 56.4 Å². The average molecular weight is 594 g/mol. The van der Waals surface area contributed by atoms with E-state index in [2.05, 4.69) is 28.8 Å². The molecule has 4 aromatic rings. The SMILES string of the molecule is CO/C(N)=C(/C=NC1CCOCC1)N=Cc1c(N)cccc1-c1nc(-c2cc3cn(C)nc3nc2C2CC2)n(C)c1C1CC1. The number of imidazole rings is 1. The molecule has 3 aliphatic rings. The van der Waals surface area contributed by atoms with Crippen LogP contribution in [0.2, 0.25) is 0 Å². The minimum atomic E-state index is 0.171. The molecule has 4 N–H and O–H groups in total. The van der Waals surface area contributed by atoms with E-state index >= 15 is 0 Å². The first kappa shape index (κ1) is 28.3. The van der Waals surface area contributed by atoms with Crippen LogP contribution in [0, 0.1) is 0 Å². The third kappa shape index (κ3) is 5.47. The van der Waals surface area contributed by atoms with Gasteiger partial charge in [-0.05, 0) is 50.7 Å². The minimum Gasteiger partial charge on any atom is -0.481 e. The quantitative estimate of drug-likeness (QED) is 0.161. The van der Waals surface area contributed by atoms with E-state index in [0.29, 0.717) is 36.4 Å². The van der Waals surface area contributed by atoms with Crippen molar-refractivity contribution in [3.8, 4) is 22.6 Å². The highest BCUT2D eigenvalue weighted by molar-refractivity contribution is 5.98. The van der Waals surface area contributed by atoms with E-state index in [4.69, 9.17) is 40.9 Å². The molecule has 2 saturated carbocycles. The summed E-state index contributed by atoms with van der Waals surface area (Å²) < 4.78 is 14.9. The number of rotatable bonds is 9. The Hall–Kier alpha value is -4.51. The number of aryl methyl sites for hydroxylation is 1. The molecule has 0 amide bonds. The lowest BCUT2D eigenvalue weighted by Crippen LogP contribution is -2.19. The van der Waals surface area contributed by atoms with Gasteiger partial charge in [0, 0.05) is 85.0 Å². The third-order valence-electron chi connectivity index (χ3n) is 8.75. The number of aliphatic imine (C=N–C) groups is 2. The zero-order valence-corrected chi connectivity index (χ0v) is 25.5. The molecular weight excluding hydrogens is 554 g/mol. The van der Waals surface area contributed by atoms with Gasteiger partial charge in [0.1, 0.15) is 11.5 Å². The van der Waals surface area contributed by atoms with E-state index in [-0.39, 0.29) is 11.9 Å². The van der Waals surface area contributed by atoms with E-state index in [1.165, 1.54) is 12.8 Å². The van der Waals surface area contributed by atoms with Gasteiger partial charge in [-0.2, -0.15) is 5.10 Å². The van der Waals surface area contributed by atoms with Crippen LogP contribution in [-0.4, -0.2) is 63.1 Å². The molecule has 3 fully saturated rings. The maximum Gasteiger partial charge on any atom is 0.212 e. The fourth-order valence-electron chi connectivity index (χ4n) is 6.05. The Labute approximate surface area is 256 Å². The lowest BCUT2D eigenvalue weighted by atomic mass is 10.0. The lowest BCUT2D eigenvalue weighted by Gasteiger charge is -2.18. The van der Waals surface area contributed by atoms with Gasteiger partial charge >= 0.3 is 0 Å². The molecule has 0 atom stereocenters. The molecule has 1 aliphatic heterocycles. The first-order valence-corrected chi connectivity index (χ1v) is 15.4. The second-order valence-corrected chi connectivity index (χ2v) is 12.1. The van der Waals surface area contributed by atoms with Crippen molar-refractivity contribution in [3.63, 3.8) is 0 Å². The third-order valence-corrected chi connectivity index (χ3v) is 8.75. The second kappa shape index (κ2) is 11.5. The summed E-state index contributed by atoms with van der Waals surface area (Å²) >= 11 is 0. The molecule has 1 aromatic carbocycles. The number of nitrogen functional groups attached to an aromatic ring is 1. The molecule has 3 aromatic heterocycles. The zero-order chi connectivity index (χ0) is 30.4. The van der Waals surface area contributed by atoms with Gasteiger partial charge in [0.2, 0.25) is 5.88 Å². The van der Waals surface area contributed by atoms with E-state index in [0.717, 1.165) is 83.5 Å². The normalized spacial score (nSPS) is 18.5. The highest BCUT2D eigenvalue weighted by Crippen LogP contribution is 2.48. The van der Waals surface area contributed by atoms with E-state index < -0.39 is 0 Å². The maximum absolute atomic E-state index is 6.61. The molecule has 228 valence electrons. The fourth-order valence-corrected chi connectivity index (χ4v) is 6.05. The molecule has 4 heterocycles. The predicted octanol–water partition coefficient (Wildman–Crippen LogP) is 4.82. The van der Waals surface area contributed by atoms with Gasteiger partial charge in [0.15, 0.2) is 5.65 Å². The Morgan fingerprint density at radius 2 is 1.82 bits per heavy atom. The molecule has 1 saturated heterocycles. The van der Waals surface area contributed by atoms with Crippen LogP contribution < -0.4 is 11.5 Å². The van der Waals surface area contributed by atoms with Crippen LogP contribution in [0.25, 0.3) is 33.7 Å². The molecule has 0 bridgehead atoms. The number of pyridine rings is 1. The first-order valence-electron chi connectivity index (χ1n) is 15.4. The molecule has 44 heavy (non-hydrogen) atoms. The van der Waals surface area contributed by atoms with Crippen molar-refractivity contribution in [2.24, 2.45) is 29.8 Å². The summed E-state index contributed by atoms with van der Waals surface area (Å²) in [4.78, 5) is 19.8. The number of anilines is 1. The number of allylic oxidation sites excluding steroid dienone is 1. The topological polar surface area (TPSA) is 144 Å². The number of hydrogen-bond donors (Lipinski definition) is 2. The number of hydrogen-bond acceptors (Lipinski definition) is 9. The second-order valence-electron chi connectivity index (χ2n) is 12.1. The number of nitrogens with zero attached hydrogens (tertiary/aromatic N) is 7. The highest BCUT2D eigenvalue weighted by atomic mass is 16.5. The molecule has 2 aliphatic carbocycles. The number of fused-ring (bicyclic) bond motifs is 1. The van der Waals surface area contributed by atoms with Gasteiger partial charge < -0.3 is 25.5 Å². The summed E-state index contributed by atoms with van der Waals surface area (Å²) in [7, 11) is 5.58. The Kier molecular flexibility index (Phi) is 7.41. The first-order chi connectivity index (χ1) is 21.4. The summed E-state index contributed by atoms with van der Waals surface area (Å²) in [5, 5.41) is 5.59. The van der Waals surface area contributed by atoms with Crippen LogP contribution in [0.15, 0.2) is 52.0 Å². The van der Waals surface area contributed by atoms with Crippen LogP contribution in [0.3, 0.4) is 0 Å². The fraction of sp³-hybridized carbons (Fsp3) is 0.424. The van der Waals surface area contributed by atoms with Crippen LogP contribution in [0.5, 0.6) is 0 Å². The predicted molar refractivity (Wildman–Crippen MR) is 173 cm³/mol. The Morgan fingerprint density at radius 3 is 2.55 bits per heavy atom. The van der Waals surface area contributed by atoms with Gasteiger partial charge in [0.05, 0.1) is 30.8 Å². The molecule has 7 rings (SSSR count). The van der Waals surface area contributed by atoms with Gasteiger partial charge in [-0.3, -0.25) is 9.67 Å². The average Bonchev–Trinajstić information content (AvgIpc) is 3.97. The summed E-state index contributed by atoms with van der Waals surface area (Å²) in [6, 6.07) is 8.30. The van der Waals surface area contributed by atoms with Gasteiger partial charge in [-0.25, -0.2) is 15.0 Å². The number of benzene rings is 1. The van der Waals surface area contributed by atoms with E-state index in [1.54, 1.807) is 12.4 Å². The summed E-state index contributed by atoms with van der Waals surface area (Å²) in [5.74, 6) is 1.99. The van der Waals surface area contributed by atoms with E-state index in [9.17, 15) is 0 Å². The summed E-state index contributed by atoms with van der Waals surface area (Å²) in [5.41, 5.74) is 20.6. The molecule has 11 heteroatoms. The van der Waals surface area contributed by atoms with Crippen molar-refractivity contribution >= 4 is 29.1 Å². The number of nitrogens with two attached hydrogens (primary N) is 2. The standard InChI is InChI=1S/C33H39N9O2/c1-41-18-21-15-24(28(19-7-8-19)38-32(21)40-41)33-39-29(30(42(33)2)20-9-10-20)23-5-4-6-26(34)25(23)16-37-27(31(35)43-3)17-36-22-11-13-44-14-12-22/h4-6,15-20,22H,7-14,34-35H2,1-3H3/b31-27-,36-17?,37-16?. The zero-order valence-electron chi connectivity index (χ0n) is 25.5. The summed E-state index contributed by atoms with van der Waals surface area (Å²) in [6.45, 7) is 1.41. The number of ether oxygens (including phenoxy) is 2.